The number of carbonyl (C=O) groups is 2. The highest BCUT2D eigenvalue weighted by Crippen LogP contribution is 2.29. The van der Waals surface area contributed by atoms with Crippen molar-refractivity contribution in [2.24, 2.45) is 0 Å². The van der Waals surface area contributed by atoms with Crippen molar-refractivity contribution in [3.63, 3.8) is 0 Å². The van der Waals surface area contributed by atoms with Gasteiger partial charge in [0.05, 0.1) is 13.2 Å². The fraction of sp³-hybridized carbons (Fsp3) is 0.556. The zero-order valence-electron chi connectivity index (χ0n) is 15.5. The van der Waals surface area contributed by atoms with Crippen molar-refractivity contribution < 1.29 is 19.1 Å². The summed E-state index contributed by atoms with van der Waals surface area (Å²) in [7, 11) is 0. The Morgan fingerprint density at radius 1 is 1.19 bits per heavy atom. The van der Waals surface area contributed by atoms with Crippen LogP contribution in [0.4, 0.5) is 0 Å². The van der Waals surface area contributed by atoms with Crippen molar-refractivity contribution in [2.75, 3.05) is 19.8 Å². The van der Waals surface area contributed by atoms with Gasteiger partial charge in [-0.2, -0.15) is 4.98 Å². The molecule has 0 unspecified atom stereocenters. The Morgan fingerprint density at radius 2 is 1.96 bits per heavy atom. The first-order chi connectivity index (χ1) is 13.1. The maximum Gasteiger partial charge on any atom is 0.325 e. The fourth-order valence-corrected chi connectivity index (χ4v) is 4.36. The molecule has 0 aliphatic heterocycles. The van der Waals surface area contributed by atoms with E-state index in [0.717, 1.165) is 42.7 Å². The fourth-order valence-electron chi connectivity index (χ4n) is 3.17. The molecule has 146 valence electrons. The van der Waals surface area contributed by atoms with E-state index in [-0.39, 0.29) is 31.2 Å². The predicted molar refractivity (Wildman–Crippen MR) is 101 cm³/mol. The maximum absolute atomic E-state index is 13.2. The van der Waals surface area contributed by atoms with Crippen molar-refractivity contribution >= 4 is 28.2 Å². The maximum atomic E-state index is 13.2. The van der Waals surface area contributed by atoms with Crippen LogP contribution in [0.5, 0.6) is 5.88 Å². The lowest BCUT2D eigenvalue weighted by Gasteiger charge is -2.10. The number of rotatable bonds is 6. The second-order valence-electron chi connectivity index (χ2n) is 6.17. The van der Waals surface area contributed by atoms with Gasteiger partial charge in [0.2, 0.25) is 5.88 Å². The summed E-state index contributed by atoms with van der Waals surface area (Å²) in [5.74, 6) is -1.26. The highest BCUT2D eigenvalue weighted by molar-refractivity contribution is 7.17. The third kappa shape index (κ3) is 3.97. The number of hydrogen-bond acceptors (Lipinski definition) is 7. The minimum absolute atomic E-state index is 0.000248. The molecule has 1 N–H and O–H groups in total. The van der Waals surface area contributed by atoms with Gasteiger partial charge in [0.1, 0.15) is 6.54 Å². The Morgan fingerprint density at radius 3 is 2.70 bits per heavy atom. The number of aryl methyl sites for hydroxylation is 2. The van der Waals surface area contributed by atoms with Gasteiger partial charge in [0, 0.05) is 10.6 Å². The van der Waals surface area contributed by atoms with Crippen molar-refractivity contribution in [1.82, 2.24) is 14.7 Å². The zero-order valence-corrected chi connectivity index (χ0v) is 16.3. The Hall–Kier alpha value is -2.42. The van der Waals surface area contributed by atoms with E-state index < -0.39 is 17.4 Å². The Balaban J connectivity index is 2.04. The molecular formula is C18H23N3O5S. The molecule has 0 saturated carbocycles. The van der Waals surface area contributed by atoms with Crippen LogP contribution < -0.4 is 15.6 Å². The van der Waals surface area contributed by atoms with Crippen molar-refractivity contribution in [3.8, 4) is 5.88 Å². The molecule has 9 heteroatoms. The van der Waals surface area contributed by atoms with E-state index in [1.807, 2.05) is 0 Å². The molecule has 27 heavy (non-hydrogen) atoms. The number of aromatic nitrogens is 2. The number of fused-ring (bicyclic) bond motifs is 3. The van der Waals surface area contributed by atoms with E-state index in [0.29, 0.717) is 4.96 Å². The quantitative estimate of drug-likeness (QED) is 0.593. The second kappa shape index (κ2) is 8.51. The number of esters is 1. The van der Waals surface area contributed by atoms with Gasteiger partial charge < -0.3 is 14.8 Å². The van der Waals surface area contributed by atoms with E-state index in [1.54, 1.807) is 13.8 Å². The van der Waals surface area contributed by atoms with Gasteiger partial charge in [-0.3, -0.25) is 18.8 Å². The molecule has 3 rings (SSSR count). The number of hydrogen-bond donors (Lipinski definition) is 1. The molecule has 8 nitrogen and oxygen atoms in total. The molecule has 0 saturated heterocycles. The first kappa shape index (κ1) is 19.3. The van der Waals surface area contributed by atoms with Crippen molar-refractivity contribution in [1.29, 1.82) is 0 Å². The van der Waals surface area contributed by atoms with Crippen LogP contribution in [0.1, 0.15) is 54.0 Å². The Bertz CT molecular complexity index is 918. The number of ether oxygens (including phenoxy) is 2. The number of carbonyl (C=O) groups excluding carboxylic acids is 2. The molecule has 0 aromatic carbocycles. The third-order valence-electron chi connectivity index (χ3n) is 4.35. The van der Waals surface area contributed by atoms with Gasteiger partial charge in [-0.1, -0.05) is 6.42 Å². The van der Waals surface area contributed by atoms with E-state index in [4.69, 9.17) is 9.47 Å². The highest BCUT2D eigenvalue weighted by Gasteiger charge is 2.26. The van der Waals surface area contributed by atoms with Crippen LogP contribution in [0, 0.1) is 0 Å². The minimum atomic E-state index is -0.688. The zero-order chi connectivity index (χ0) is 19.4. The van der Waals surface area contributed by atoms with Gasteiger partial charge in [-0.15, -0.1) is 11.3 Å². The second-order valence-corrected chi connectivity index (χ2v) is 7.23. The summed E-state index contributed by atoms with van der Waals surface area (Å²) in [5.41, 5.74) is 0.306. The molecule has 0 radical (unpaired) electrons. The summed E-state index contributed by atoms with van der Waals surface area (Å²) in [6.07, 6.45) is 4.91. The summed E-state index contributed by atoms with van der Waals surface area (Å²) in [6, 6.07) is 0. The topological polar surface area (TPSA) is 99.0 Å². The summed E-state index contributed by atoms with van der Waals surface area (Å²) >= 11 is 1.48. The molecule has 0 atom stereocenters. The lowest BCUT2D eigenvalue weighted by Crippen LogP contribution is -2.36. The van der Waals surface area contributed by atoms with Crippen LogP contribution in [0.25, 0.3) is 4.96 Å². The van der Waals surface area contributed by atoms with Gasteiger partial charge >= 0.3 is 5.97 Å². The molecule has 0 fully saturated rings. The molecule has 2 aromatic rings. The van der Waals surface area contributed by atoms with Crippen LogP contribution in [0.3, 0.4) is 0 Å². The molecule has 1 aliphatic rings. The summed E-state index contributed by atoms with van der Waals surface area (Å²) in [4.78, 5) is 43.4. The number of nitrogens with one attached hydrogen (secondary N) is 1. The normalized spacial score (nSPS) is 13.7. The monoisotopic (exact) mass is 393 g/mol. The SMILES string of the molecule is CCOC(=O)CNC(=O)c1c(OCC)nc2sc3c(n2c1=O)CCCCC3. The molecule has 0 spiro atoms. The van der Waals surface area contributed by atoms with Crippen molar-refractivity contribution in [2.45, 2.75) is 46.0 Å². The average molecular weight is 393 g/mol. The first-order valence-corrected chi connectivity index (χ1v) is 10.0. The summed E-state index contributed by atoms with van der Waals surface area (Å²) in [5, 5.41) is 2.43. The van der Waals surface area contributed by atoms with Gasteiger partial charge in [-0.25, -0.2) is 0 Å². The van der Waals surface area contributed by atoms with Crippen LogP contribution in [0.2, 0.25) is 0 Å². The summed E-state index contributed by atoms with van der Waals surface area (Å²) in [6.45, 7) is 3.61. The molecule has 2 heterocycles. The van der Waals surface area contributed by atoms with Crippen LogP contribution >= 0.6 is 11.3 Å². The summed E-state index contributed by atoms with van der Waals surface area (Å²) < 4.78 is 11.8. The number of amides is 1. The predicted octanol–water partition coefficient (Wildman–Crippen LogP) is 1.72. The van der Waals surface area contributed by atoms with E-state index in [2.05, 4.69) is 10.3 Å². The lowest BCUT2D eigenvalue weighted by atomic mass is 10.2. The standard InChI is InChI=1S/C18H23N3O5S/c1-3-25-13(22)10-19-15(23)14-16(26-4-2)20-18-21(17(14)24)11-8-6-5-7-9-12(11)27-18/h3-10H2,1-2H3,(H,19,23). The number of nitrogens with zero attached hydrogens (tertiary/aromatic N) is 2. The van der Waals surface area contributed by atoms with Crippen LogP contribution in [-0.2, 0) is 22.4 Å². The van der Waals surface area contributed by atoms with Crippen LogP contribution in [-0.4, -0.2) is 41.0 Å². The largest absolute Gasteiger partial charge is 0.477 e. The smallest absolute Gasteiger partial charge is 0.325 e. The average Bonchev–Trinajstić information content (AvgIpc) is 2.82. The van der Waals surface area contributed by atoms with Crippen LogP contribution in [0.15, 0.2) is 4.79 Å². The van der Waals surface area contributed by atoms with Gasteiger partial charge in [0.25, 0.3) is 11.5 Å². The molecule has 1 amide bonds. The molecule has 2 aromatic heterocycles. The lowest BCUT2D eigenvalue weighted by molar-refractivity contribution is -0.141. The highest BCUT2D eigenvalue weighted by atomic mass is 32.1. The minimum Gasteiger partial charge on any atom is -0.477 e. The molecule has 1 aliphatic carbocycles. The molecule has 0 bridgehead atoms. The van der Waals surface area contributed by atoms with Gasteiger partial charge in [0.15, 0.2) is 10.5 Å². The van der Waals surface area contributed by atoms with E-state index in [9.17, 15) is 14.4 Å². The van der Waals surface area contributed by atoms with E-state index in [1.165, 1.54) is 15.7 Å². The van der Waals surface area contributed by atoms with Crippen molar-refractivity contribution in [3.05, 3.63) is 26.5 Å². The Labute approximate surface area is 160 Å². The Kier molecular flexibility index (Phi) is 6.10. The third-order valence-corrected chi connectivity index (χ3v) is 5.49. The first-order valence-electron chi connectivity index (χ1n) is 9.20. The van der Waals surface area contributed by atoms with Gasteiger partial charge in [-0.05, 0) is 39.5 Å². The van der Waals surface area contributed by atoms with E-state index >= 15 is 0 Å². The molecular weight excluding hydrogens is 370 g/mol. The number of thiazole rings is 1.